The standard InChI is InChI=1S/C17H32N2O2/c1-4-11-19(12-5-2)15-7-6-10-17(13-15,16(20)21-3)18-14-8-9-14/h14-15,18H,4-13H2,1-3H3. The van der Waals surface area contributed by atoms with Gasteiger partial charge in [-0.15, -0.1) is 0 Å². The fourth-order valence-corrected chi connectivity index (χ4v) is 3.80. The molecule has 0 aromatic rings. The zero-order valence-corrected chi connectivity index (χ0v) is 14.0. The molecular formula is C17H32N2O2. The maximum atomic E-state index is 12.4. The summed E-state index contributed by atoms with van der Waals surface area (Å²) in [5.74, 6) is -0.0490. The van der Waals surface area contributed by atoms with Crippen LogP contribution in [0.1, 0.15) is 65.2 Å². The molecular weight excluding hydrogens is 264 g/mol. The Hall–Kier alpha value is -0.610. The van der Waals surface area contributed by atoms with E-state index in [0.717, 1.165) is 32.4 Å². The highest BCUT2D eigenvalue weighted by atomic mass is 16.5. The van der Waals surface area contributed by atoms with Gasteiger partial charge in [0.1, 0.15) is 5.54 Å². The molecule has 1 N–H and O–H groups in total. The lowest BCUT2D eigenvalue weighted by Crippen LogP contribution is -2.59. The topological polar surface area (TPSA) is 41.6 Å². The third-order valence-electron chi connectivity index (χ3n) is 4.90. The number of nitrogens with zero attached hydrogens (tertiary/aromatic N) is 1. The maximum absolute atomic E-state index is 12.4. The van der Waals surface area contributed by atoms with Gasteiger partial charge in [-0.3, -0.25) is 10.1 Å². The van der Waals surface area contributed by atoms with Gasteiger partial charge in [0.15, 0.2) is 0 Å². The number of methoxy groups -OCH3 is 1. The van der Waals surface area contributed by atoms with Gasteiger partial charge in [-0.05, 0) is 64.5 Å². The number of rotatable bonds is 8. The molecule has 0 heterocycles. The third kappa shape index (κ3) is 4.19. The second kappa shape index (κ2) is 7.59. The summed E-state index contributed by atoms with van der Waals surface area (Å²) in [7, 11) is 1.53. The largest absolute Gasteiger partial charge is 0.468 e. The van der Waals surface area contributed by atoms with E-state index in [1.54, 1.807) is 0 Å². The lowest BCUT2D eigenvalue weighted by molar-refractivity contribution is -0.151. The quantitative estimate of drug-likeness (QED) is 0.699. The first-order valence-corrected chi connectivity index (χ1v) is 8.75. The van der Waals surface area contributed by atoms with Gasteiger partial charge in [0.2, 0.25) is 0 Å². The minimum Gasteiger partial charge on any atom is -0.468 e. The van der Waals surface area contributed by atoms with Crippen molar-refractivity contribution in [2.75, 3.05) is 20.2 Å². The predicted octanol–water partition coefficient (Wildman–Crippen LogP) is 2.71. The summed E-state index contributed by atoms with van der Waals surface area (Å²) in [6, 6.07) is 1.05. The summed E-state index contributed by atoms with van der Waals surface area (Å²) in [5, 5.41) is 3.62. The summed E-state index contributed by atoms with van der Waals surface area (Å²) in [6.45, 7) is 6.75. The Labute approximate surface area is 129 Å². The van der Waals surface area contributed by atoms with Crippen LogP contribution in [0.5, 0.6) is 0 Å². The summed E-state index contributed by atoms with van der Waals surface area (Å²) in [6.07, 6.45) is 8.94. The molecule has 0 radical (unpaired) electrons. The highest BCUT2D eigenvalue weighted by Gasteiger charge is 2.47. The normalized spacial score (nSPS) is 29.6. The molecule has 122 valence electrons. The molecule has 0 spiro atoms. The molecule has 0 aromatic carbocycles. The lowest BCUT2D eigenvalue weighted by atomic mass is 9.78. The van der Waals surface area contributed by atoms with E-state index in [2.05, 4.69) is 24.1 Å². The molecule has 2 aliphatic rings. The molecule has 4 nitrogen and oxygen atoms in total. The Bertz CT molecular complexity index is 338. The first kappa shape index (κ1) is 16.8. The molecule has 2 atom stereocenters. The average Bonchev–Trinajstić information content (AvgIpc) is 3.30. The maximum Gasteiger partial charge on any atom is 0.326 e. The van der Waals surface area contributed by atoms with E-state index in [-0.39, 0.29) is 5.97 Å². The van der Waals surface area contributed by atoms with Gasteiger partial charge >= 0.3 is 5.97 Å². The molecule has 2 unspecified atom stereocenters. The van der Waals surface area contributed by atoms with Crippen molar-refractivity contribution < 1.29 is 9.53 Å². The highest BCUT2D eigenvalue weighted by Crippen LogP contribution is 2.35. The minimum atomic E-state index is -0.432. The van der Waals surface area contributed by atoms with Crippen molar-refractivity contribution in [2.24, 2.45) is 0 Å². The van der Waals surface area contributed by atoms with Crippen LogP contribution in [0.15, 0.2) is 0 Å². The van der Waals surface area contributed by atoms with Crippen LogP contribution in [-0.4, -0.2) is 48.7 Å². The number of esters is 1. The molecule has 2 saturated carbocycles. The van der Waals surface area contributed by atoms with Crippen LogP contribution in [0.25, 0.3) is 0 Å². The fraction of sp³-hybridized carbons (Fsp3) is 0.941. The molecule has 2 rings (SSSR count). The second-order valence-corrected chi connectivity index (χ2v) is 6.78. The number of carbonyl (C=O) groups excluding carboxylic acids is 1. The third-order valence-corrected chi connectivity index (χ3v) is 4.90. The average molecular weight is 296 g/mol. The summed E-state index contributed by atoms with van der Waals surface area (Å²) in [5.41, 5.74) is -0.432. The molecule has 0 aliphatic heterocycles. The first-order valence-electron chi connectivity index (χ1n) is 8.75. The van der Waals surface area contributed by atoms with Crippen molar-refractivity contribution in [3.63, 3.8) is 0 Å². The molecule has 21 heavy (non-hydrogen) atoms. The van der Waals surface area contributed by atoms with Crippen LogP contribution < -0.4 is 5.32 Å². The van der Waals surface area contributed by atoms with E-state index in [1.165, 1.54) is 39.2 Å². The van der Waals surface area contributed by atoms with Gasteiger partial charge in [0.25, 0.3) is 0 Å². The van der Waals surface area contributed by atoms with Crippen LogP contribution in [0.2, 0.25) is 0 Å². The van der Waals surface area contributed by atoms with Crippen LogP contribution in [-0.2, 0) is 9.53 Å². The summed E-state index contributed by atoms with van der Waals surface area (Å²) < 4.78 is 5.15. The fourth-order valence-electron chi connectivity index (χ4n) is 3.80. The van der Waals surface area contributed by atoms with E-state index in [1.807, 2.05) is 0 Å². The van der Waals surface area contributed by atoms with Gasteiger partial charge in [-0.1, -0.05) is 13.8 Å². The van der Waals surface area contributed by atoms with Crippen LogP contribution >= 0.6 is 0 Å². The van der Waals surface area contributed by atoms with E-state index in [0.29, 0.717) is 12.1 Å². The van der Waals surface area contributed by atoms with Gasteiger partial charge in [-0.2, -0.15) is 0 Å². The van der Waals surface area contributed by atoms with Crippen molar-refractivity contribution in [3.8, 4) is 0 Å². The van der Waals surface area contributed by atoms with Crippen molar-refractivity contribution in [3.05, 3.63) is 0 Å². The monoisotopic (exact) mass is 296 g/mol. The Morgan fingerprint density at radius 1 is 1.24 bits per heavy atom. The summed E-state index contributed by atoms with van der Waals surface area (Å²) >= 11 is 0. The number of nitrogens with one attached hydrogen (secondary N) is 1. The SMILES string of the molecule is CCCN(CCC)C1CCCC(NC2CC2)(C(=O)OC)C1. The minimum absolute atomic E-state index is 0.0490. The molecule has 0 bridgehead atoms. The van der Waals surface area contributed by atoms with Gasteiger partial charge in [-0.25, -0.2) is 0 Å². The predicted molar refractivity (Wildman–Crippen MR) is 85.3 cm³/mol. The van der Waals surface area contributed by atoms with Crippen LogP contribution in [0.4, 0.5) is 0 Å². The molecule has 0 amide bonds. The van der Waals surface area contributed by atoms with E-state index < -0.39 is 5.54 Å². The van der Waals surface area contributed by atoms with Gasteiger partial charge in [0.05, 0.1) is 7.11 Å². The summed E-state index contributed by atoms with van der Waals surface area (Å²) in [4.78, 5) is 15.0. The van der Waals surface area contributed by atoms with Gasteiger partial charge < -0.3 is 9.64 Å². The molecule has 4 heteroatoms. The number of carbonyl (C=O) groups is 1. The Kier molecular flexibility index (Phi) is 6.06. The Morgan fingerprint density at radius 3 is 2.43 bits per heavy atom. The Morgan fingerprint density at radius 2 is 1.90 bits per heavy atom. The van der Waals surface area contributed by atoms with E-state index >= 15 is 0 Å². The number of hydrogen-bond acceptors (Lipinski definition) is 4. The van der Waals surface area contributed by atoms with Gasteiger partial charge in [0, 0.05) is 12.1 Å². The van der Waals surface area contributed by atoms with E-state index in [4.69, 9.17) is 4.74 Å². The van der Waals surface area contributed by atoms with Crippen LogP contribution in [0, 0.1) is 0 Å². The number of hydrogen-bond donors (Lipinski definition) is 1. The Balaban J connectivity index is 2.08. The van der Waals surface area contributed by atoms with Crippen LogP contribution in [0.3, 0.4) is 0 Å². The molecule has 2 fully saturated rings. The van der Waals surface area contributed by atoms with Crippen molar-refractivity contribution in [1.82, 2.24) is 10.2 Å². The molecule has 0 saturated heterocycles. The molecule has 0 aromatic heterocycles. The second-order valence-electron chi connectivity index (χ2n) is 6.78. The van der Waals surface area contributed by atoms with Crippen molar-refractivity contribution in [1.29, 1.82) is 0 Å². The van der Waals surface area contributed by atoms with Crippen molar-refractivity contribution in [2.45, 2.75) is 82.8 Å². The lowest BCUT2D eigenvalue weighted by Gasteiger charge is -2.43. The van der Waals surface area contributed by atoms with E-state index in [9.17, 15) is 4.79 Å². The molecule has 2 aliphatic carbocycles. The number of ether oxygens (including phenoxy) is 1. The smallest absolute Gasteiger partial charge is 0.326 e. The van der Waals surface area contributed by atoms with Crippen molar-refractivity contribution >= 4 is 5.97 Å². The highest BCUT2D eigenvalue weighted by molar-refractivity contribution is 5.81. The zero-order valence-electron chi connectivity index (χ0n) is 14.0. The zero-order chi connectivity index (χ0) is 15.3. The first-order chi connectivity index (χ1) is 10.1.